The van der Waals surface area contributed by atoms with E-state index in [2.05, 4.69) is 15.4 Å². The Labute approximate surface area is 152 Å². The third-order valence-electron chi connectivity index (χ3n) is 4.96. The van der Waals surface area contributed by atoms with Crippen LogP contribution in [0.5, 0.6) is 5.75 Å². The molecule has 1 saturated carbocycles. The summed E-state index contributed by atoms with van der Waals surface area (Å²) < 4.78 is 7.17. The number of fused-ring (bicyclic) bond motifs is 1. The van der Waals surface area contributed by atoms with Crippen molar-refractivity contribution in [2.75, 3.05) is 12.4 Å². The van der Waals surface area contributed by atoms with Gasteiger partial charge in [0.1, 0.15) is 17.3 Å². The Balaban J connectivity index is 1.55. The molecule has 0 spiro atoms. The van der Waals surface area contributed by atoms with Crippen molar-refractivity contribution >= 4 is 22.6 Å². The molecule has 134 valence electrons. The van der Waals surface area contributed by atoms with E-state index in [0.717, 1.165) is 35.3 Å². The molecule has 2 aromatic heterocycles. The Morgan fingerprint density at radius 1 is 1.15 bits per heavy atom. The number of pyridine rings is 1. The molecule has 0 bridgehead atoms. The molecule has 1 fully saturated rings. The minimum absolute atomic E-state index is 0.222. The van der Waals surface area contributed by atoms with Gasteiger partial charge in [0.2, 0.25) is 0 Å². The summed E-state index contributed by atoms with van der Waals surface area (Å²) in [6.07, 6.45) is 7.68. The third kappa shape index (κ3) is 3.27. The van der Waals surface area contributed by atoms with Gasteiger partial charge in [0.15, 0.2) is 0 Å². The van der Waals surface area contributed by atoms with Crippen LogP contribution in [0.4, 0.5) is 5.82 Å². The number of nitrogens with zero attached hydrogens (tertiary/aromatic N) is 3. The normalized spacial score (nSPS) is 15.1. The lowest BCUT2D eigenvalue weighted by atomic mass is 9.96. The maximum absolute atomic E-state index is 12.7. The monoisotopic (exact) mass is 350 g/mol. The van der Waals surface area contributed by atoms with Crippen molar-refractivity contribution < 1.29 is 9.53 Å². The number of benzene rings is 1. The SMILES string of the molecule is COc1ccc2nc(C(=O)Nc3ccnn3C3CCCCC3)ccc2c1. The van der Waals surface area contributed by atoms with E-state index in [4.69, 9.17) is 4.74 Å². The summed E-state index contributed by atoms with van der Waals surface area (Å²) in [6.45, 7) is 0. The number of carbonyl (C=O) groups excluding carboxylic acids is 1. The van der Waals surface area contributed by atoms with E-state index < -0.39 is 0 Å². The Bertz CT molecular complexity index is 928. The largest absolute Gasteiger partial charge is 0.497 e. The molecule has 1 aliphatic rings. The minimum atomic E-state index is -0.222. The number of rotatable bonds is 4. The molecule has 0 saturated heterocycles. The molecule has 2 heterocycles. The van der Waals surface area contributed by atoms with Crippen LogP contribution in [0.3, 0.4) is 0 Å². The van der Waals surface area contributed by atoms with Crippen molar-refractivity contribution in [3.63, 3.8) is 0 Å². The van der Waals surface area contributed by atoms with Gasteiger partial charge in [0, 0.05) is 11.5 Å². The fraction of sp³-hybridized carbons (Fsp3) is 0.350. The van der Waals surface area contributed by atoms with Gasteiger partial charge >= 0.3 is 0 Å². The van der Waals surface area contributed by atoms with E-state index in [1.165, 1.54) is 19.3 Å². The molecule has 0 aliphatic heterocycles. The molecular weight excluding hydrogens is 328 g/mol. The van der Waals surface area contributed by atoms with Crippen LogP contribution in [0, 0.1) is 0 Å². The van der Waals surface area contributed by atoms with Crippen LogP contribution in [0.1, 0.15) is 48.6 Å². The van der Waals surface area contributed by atoms with Crippen molar-refractivity contribution in [3.8, 4) is 5.75 Å². The first-order valence-corrected chi connectivity index (χ1v) is 9.04. The Morgan fingerprint density at radius 2 is 2.00 bits per heavy atom. The average molecular weight is 350 g/mol. The van der Waals surface area contributed by atoms with Crippen molar-refractivity contribution in [1.29, 1.82) is 0 Å². The maximum atomic E-state index is 12.7. The van der Waals surface area contributed by atoms with E-state index in [1.807, 2.05) is 35.0 Å². The van der Waals surface area contributed by atoms with E-state index in [1.54, 1.807) is 19.4 Å². The number of hydrogen-bond acceptors (Lipinski definition) is 4. The van der Waals surface area contributed by atoms with Gasteiger partial charge in [-0.25, -0.2) is 9.67 Å². The number of nitrogens with one attached hydrogen (secondary N) is 1. The quantitative estimate of drug-likeness (QED) is 0.766. The van der Waals surface area contributed by atoms with E-state index in [-0.39, 0.29) is 5.91 Å². The topological polar surface area (TPSA) is 69.0 Å². The van der Waals surface area contributed by atoms with Gasteiger partial charge in [-0.2, -0.15) is 5.10 Å². The average Bonchev–Trinajstić information content (AvgIpc) is 3.15. The summed E-state index contributed by atoms with van der Waals surface area (Å²) in [4.78, 5) is 17.2. The molecule has 26 heavy (non-hydrogen) atoms. The van der Waals surface area contributed by atoms with Crippen molar-refractivity contribution in [3.05, 3.63) is 48.3 Å². The first-order chi connectivity index (χ1) is 12.7. The second kappa shape index (κ2) is 7.15. The summed E-state index contributed by atoms with van der Waals surface area (Å²) in [5.74, 6) is 1.28. The van der Waals surface area contributed by atoms with Crippen LogP contribution in [0.25, 0.3) is 10.9 Å². The molecule has 1 aromatic carbocycles. The summed E-state index contributed by atoms with van der Waals surface area (Å²) in [5, 5.41) is 8.33. The fourth-order valence-corrected chi connectivity index (χ4v) is 3.57. The smallest absolute Gasteiger partial charge is 0.275 e. The highest BCUT2D eigenvalue weighted by Crippen LogP contribution is 2.30. The van der Waals surface area contributed by atoms with E-state index >= 15 is 0 Å². The van der Waals surface area contributed by atoms with Crippen molar-refractivity contribution in [2.24, 2.45) is 0 Å². The van der Waals surface area contributed by atoms with Crippen LogP contribution < -0.4 is 10.1 Å². The molecule has 1 amide bonds. The zero-order valence-electron chi connectivity index (χ0n) is 14.8. The van der Waals surface area contributed by atoms with Gasteiger partial charge in [0.25, 0.3) is 5.91 Å². The molecule has 6 nitrogen and oxygen atoms in total. The highest BCUT2D eigenvalue weighted by Gasteiger charge is 2.20. The number of amides is 1. The van der Waals surface area contributed by atoms with Gasteiger partial charge in [-0.3, -0.25) is 4.79 Å². The first kappa shape index (κ1) is 16.6. The van der Waals surface area contributed by atoms with E-state index in [0.29, 0.717) is 11.7 Å². The number of ether oxygens (including phenoxy) is 1. The lowest BCUT2D eigenvalue weighted by Crippen LogP contribution is -2.20. The second-order valence-corrected chi connectivity index (χ2v) is 6.66. The summed E-state index contributed by atoms with van der Waals surface area (Å²) >= 11 is 0. The zero-order chi connectivity index (χ0) is 17.9. The molecule has 3 aromatic rings. The predicted octanol–water partition coefficient (Wildman–Crippen LogP) is 4.20. The van der Waals surface area contributed by atoms with Gasteiger partial charge in [-0.05, 0) is 37.1 Å². The first-order valence-electron chi connectivity index (χ1n) is 9.04. The zero-order valence-corrected chi connectivity index (χ0v) is 14.8. The second-order valence-electron chi connectivity index (χ2n) is 6.66. The summed E-state index contributed by atoms with van der Waals surface area (Å²) in [6, 6.07) is 11.4. The highest BCUT2D eigenvalue weighted by atomic mass is 16.5. The van der Waals surface area contributed by atoms with Crippen LogP contribution in [0.2, 0.25) is 0 Å². The standard InChI is InChI=1S/C20H22N4O2/c1-26-16-8-10-17-14(13-16)7-9-18(22-17)20(25)23-19-11-12-21-24(19)15-5-3-2-4-6-15/h7-13,15H,2-6H2,1H3,(H,23,25). The molecule has 0 atom stereocenters. The molecule has 4 rings (SSSR count). The lowest BCUT2D eigenvalue weighted by molar-refractivity contribution is 0.102. The fourth-order valence-electron chi connectivity index (χ4n) is 3.57. The number of aromatic nitrogens is 3. The van der Waals surface area contributed by atoms with Crippen LogP contribution >= 0.6 is 0 Å². The minimum Gasteiger partial charge on any atom is -0.497 e. The molecule has 6 heteroatoms. The van der Waals surface area contributed by atoms with Gasteiger partial charge in [0.05, 0.1) is 24.9 Å². The summed E-state index contributed by atoms with van der Waals surface area (Å²) in [5.41, 5.74) is 1.15. The van der Waals surface area contributed by atoms with Crippen molar-refractivity contribution in [1.82, 2.24) is 14.8 Å². The van der Waals surface area contributed by atoms with Crippen molar-refractivity contribution in [2.45, 2.75) is 38.1 Å². The highest BCUT2D eigenvalue weighted by molar-refractivity contribution is 6.03. The molecule has 1 aliphatic carbocycles. The summed E-state index contributed by atoms with van der Waals surface area (Å²) in [7, 11) is 1.63. The maximum Gasteiger partial charge on any atom is 0.275 e. The van der Waals surface area contributed by atoms with Crippen LogP contribution in [0.15, 0.2) is 42.6 Å². The number of hydrogen-bond donors (Lipinski definition) is 1. The molecule has 0 radical (unpaired) electrons. The lowest BCUT2D eigenvalue weighted by Gasteiger charge is -2.23. The molecule has 0 unspecified atom stereocenters. The van der Waals surface area contributed by atoms with Crippen LogP contribution in [-0.4, -0.2) is 27.8 Å². The van der Waals surface area contributed by atoms with Gasteiger partial charge < -0.3 is 10.1 Å². The molecule has 1 N–H and O–H groups in total. The van der Waals surface area contributed by atoms with Gasteiger partial charge in [-0.15, -0.1) is 0 Å². The van der Waals surface area contributed by atoms with E-state index in [9.17, 15) is 4.79 Å². The third-order valence-corrected chi connectivity index (χ3v) is 4.96. The number of carbonyl (C=O) groups is 1. The van der Waals surface area contributed by atoms with Crippen LogP contribution in [-0.2, 0) is 0 Å². The van der Waals surface area contributed by atoms with Gasteiger partial charge in [-0.1, -0.05) is 25.3 Å². The molecular formula is C20H22N4O2. The Morgan fingerprint density at radius 3 is 2.81 bits per heavy atom. The number of anilines is 1. The Hall–Kier alpha value is -2.89. The predicted molar refractivity (Wildman–Crippen MR) is 101 cm³/mol. The Kier molecular flexibility index (Phi) is 4.56. The number of methoxy groups -OCH3 is 1.